The minimum Gasteiger partial charge on any atom is -0.372 e. The largest absolute Gasteiger partial charge is 0.372 e. The van der Waals surface area contributed by atoms with Gasteiger partial charge in [-0.2, -0.15) is 5.10 Å². The third-order valence-electron chi connectivity index (χ3n) is 2.94. The van der Waals surface area contributed by atoms with Crippen molar-refractivity contribution in [3.8, 4) is 0 Å². The minimum atomic E-state index is 0.515. The Morgan fingerprint density at radius 1 is 1.42 bits per heavy atom. The van der Waals surface area contributed by atoms with Crippen LogP contribution in [-0.4, -0.2) is 26.8 Å². The molecule has 19 heavy (non-hydrogen) atoms. The summed E-state index contributed by atoms with van der Waals surface area (Å²) >= 11 is 7.60. The standard InChI is InChI=1S/C12H12ClN5S/c1-7-9(13)5-15-18(7)6-10-16-11(14-2)8-3-4-19-12(8)17-10/h3-5H,6H2,1-2H3,(H,14,16,17). The highest BCUT2D eigenvalue weighted by atomic mass is 35.5. The predicted molar refractivity (Wildman–Crippen MR) is 78.0 cm³/mol. The smallest absolute Gasteiger partial charge is 0.153 e. The second-order valence-electron chi connectivity index (χ2n) is 4.11. The Balaban J connectivity index is 2.03. The first kappa shape index (κ1) is 12.4. The first-order valence-electron chi connectivity index (χ1n) is 5.79. The van der Waals surface area contributed by atoms with Crippen LogP contribution in [0, 0.1) is 6.92 Å². The van der Waals surface area contributed by atoms with Crippen molar-refractivity contribution in [1.29, 1.82) is 0 Å². The number of aromatic nitrogens is 4. The van der Waals surface area contributed by atoms with Gasteiger partial charge in [0.25, 0.3) is 0 Å². The van der Waals surface area contributed by atoms with Gasteiger partial charge in [-0.15, -0.1) is 11.3 Å². The van der Waals surface area contributed by atoms with E-state index >= 15 is 0 Å². The number of nitrogens with one attached hydrogen (secondary N) is 1. The van der Waals surface area contributed by atoms with Crippen molar-refractivity contribution < 1.29 is 0 Å². The van der Waals surface area contributed by atoms with E-state index in [-0.39, 0.29) is 0 Å². The topological polar surface area (TPSA) is 55.6 Å². The highest BCUT2D eigenvalue weighted by Gasteiger charge is 2.10. The first-order valence-corrected chi connectivity index (χ1v) is 7.04. The Hall–Kier alpha value is -1.66. The molecular weight excluding hydrogens is 282 g/mol. The Morgan fingerprint density at radius 3 is 2.95 bits per heavy atom. The summed E-state index contributed by atoms with van der Waals surface area (Å²) in [6, 6.07) is 2.02. The molecule has 0 fully saturated rings. The van der Waals surface area contributed by atoms with Crippen molar-refractivity contribution in [3.63, 3.8) is 0 Å². The summed E-state index contributed by atoms with van der Waals surface area (Å²) in [5.41, 5.74) is 0.919. The highest BCUT2D eigenvalue weighted by molar-refractivity contribution is 7.16. The third kappa shape index (κ3) is 2.17. The van der Waals surface area contributed by atoms with Gasteiger partial charge < -0.3 is 5.32 Å². The summed E-state index contributed by atoms with van der Waals surface area (Å²) in [6.45, 7) is 2.44. The number of hydrogen-bond donors (Lipinski definition) is 1. The van der Waals surface area contributed by atoms with Gasteiger partial charge in [-0.25, -0.2) is 9.97 Å². The number of nitrogens with zero attached hydrogens (tertiary/aromatic N) is 4. The molecule has 0 bridgehead atoms. The predicted octanol–water partition coefficient (Wildman–Crippen LogP) is 2.94. The van der Waals surface area contributed by atoms with Crippen LogP contribution < -0.4 is 5.32 Å². The Bertz CT molecular complexity index is 733. The average molecular weight is 294 g/mol. The van der Waals surface area contributed by atoms with Gasteiger partial charge in [-0.1, -0.05) is 11.6 Å². The van der Waals surface area contributed by atoms with Gasteiger partial charge in [-0.05, 0) is 18.4 Å². The lowest BCUT2D eigenvalue weighted by Crippen LogP contribution is -2.08. The summed E-state index contributed by atoms with van der Waals surface area (Å²) < 4.78 is 1.80. The van der Waals surface area contributed by atoms with Gasteiger partial charge in [0.2, 0.25) is 0 Å². The van der Waals surface area contributed by atoms with Crippen LogP contribution in [0.5, 0.6) is 0 Å². The molecule has 0 saturated carbocycles. The maximum atomic E-state index is 6.00. The van der Waals surface area contributed by atoms with E-state index in [1.807, 2.05) is 25.4 Å². The molecule has 5 nitrogen and oxygen atoms in total. The molecular formula is C12H12ClN5S. The molecule has 0 spiro atoms. The minimum absolute atomic E-state index is 0.515. The van der Waals surface area contributed by atoms with Crippen molar-refractivity contribution in [1.82, 2.24) is 19.7 Å². The number of rotatable bonds is 3. The lowest BCUT2D eigenvalue weighted by Gasteiger charge is -2.07. The van der Waals surface area contributed by atoms with Gasteiger partial charge in [0, 0.05) is 7.05 Å². The van der Waals surface area contributed by atoms with Gasteiger partial charge in [0.15, 0.2) is 5.82 Å². The zero-order chi connectivity index (χ0) is 13.4. The molecule has 0 saturated heterocycles. The normalized spacial score (nSPS) is 11.1. The molecule has 98 valence electrons. The molecule has 0 unspecified atom stereocenters. The number of anilines is 1. The van der Waals surface area contributed by atoms with Crippen molar-refractivity contribution in [3.05, 3.63) is 34.2 Å². The van der Waals surface area contributed by atoms with Gasteiger partial charge >= 0.3 is 0 Å². The molecule has 0 aromatic carbocycles. The molecule has 3 aromatic rings. The van der Waals surface area contributed by atoms with Crippen LogP contribution in [0.25, 0.3) is 10.2 Å². The molecule has 0 radical (unpaired) electrons. The molecule has 0 aliphatic heterocycles. The number of thiophene rings is 1. The van der Waals surface area contributed by atoms with E-state index in [9.17, 15) is 0 Å². The molecule has 0 aliphatic carbocycles. The third-order valence-corrected chi connectivity index (χ3v) is 4.12. The number of fused-ring (bicyclic) bond motifs is 1. The quantitative estimate of drug-likeness (QED) is 0.807. The summed E-state index contributed by atoms with van der Waals surface area (Å²) in [6.07, 6.45) is 1.64. The maximum Gasteiger partial charge on any atom is 0.153 e. The summed E-state index contributed by atoms with van der Waals surface area (Å²) in [4.78, 5) is 10.0. The summed E-state index contributed by atoms with van der Waals surface area (Å²) in [5, 5.41) is 11.0. The fraction of sp³-hybridized carbons (Fsp3) is 0.250. The molecule has 0 amide bonds. The van der Waals surface area contributed by atoms with E-state index in [0.29, 0.717) is 11.6 Å². The molecule has 0 aliphatic rings. The van der Waals surface area contributed by atoms with E-state index in [1.165, 1.54) is 0 Å². The van der Waals surface area contributed by atoms with Gasteiger partial charge in [-0.3, -0.25) is 4.68 Å². The van der Waals surface area contributed by atoms with E-state index < -0.39 is 0 Å². The monoisotopic (exact) mass is 293 g/mol. The number of hydrogen-bond acceptors (Lipinski definition) is 5. The molecule has 3 aromatic heterocycles. The Morgan fingerprint density at radius 2 is 2.26 bits per heavy atom. The van der Waals surface area contributed by atoms with Crippen LogP contribution in [0.1, 0.15) is 11.5 Å². The second-order valence-corrected chi connectivity index (χ2v) is 5.42. The van der Waals surface area contributed by atoms with Gasteiger partial charge in [0.1, 0.15) is 17.2 Å². The fourth-order valence-electron chi connectivity index (χ4n) is 1.88. The van der Waals surface area contributed by atoms with E-state index in [4.69, 9.17) is 11.6 Å². The van der Waals surface area contributed by atoms with Crippen LogP contribution in [-0.2, 0) is 6.54 Å². The summed E-state index contributed by atoms with van der Waals surface area (Å²) in [5.74, 6) is 1.57. The number of halogens is 1. The van der Waals surface area contributed by atoms with Gasteiger partial charge in [0.05, 0.1) is 22.3 Å². The Kier molecular flexibility index (Phi) is 3.12. The van der Waals surface area contributed by atoms with Crippen molar-refractivity contribution >= 4 is 39.0 Å². The van der Waals surface area contributed by atoms with Crippen LogP contribution in [0.4, 0.5) is 5.82 Å². The maximum absolute atomic E-state index is 6.00. The molecule has 7 heteroatoms. The molecule has 1 N–H and O–H groups in total. The molecule has 3 heterocycles. The van der Waals surface area contributed by atoms with Crippen molar-refractivity contribution in [2.75, 3.05) is 12.4 Å². The molecule has 3 rings (SSSR count). The zero-order valence-corrected chi connectivity index (χ0v) is 12.1. The Labute approximate surface area is 119 Å². The first-order chi connectivity index (χ1) is 9.19. The van der Waals surface area contributed by atoms with Crippen molar-refractivity contribution in [2.24, 2.45) is 0 Å². The summed E-state index contributed by atoms with van der Waals surface area (Å²) in [7, 11) is 1.86. The van der Waals surface area contributed by atoms with E-state index in [0.717, 1.165) is 27.6 Å². The highest BCUT2D eigenvalue weighted by Crippen LogP contribution is 2.25. The van der Waals surface area contributed by atoms with E-state index in [2.05, 4.69) is 20.4 Å². The lowest BCUT2D eigenvalue weighted by atomic mass is 10.3. The van der Waals surface area contributed by atoms with E-state index in [1.54, 1.807) is 22.2 Å². The molecule has 0 atom stereocenters. The zero-order valence-electron chi connectivity index (χ0n) is 10.5. The van der Waals surface area contributed by atoms with Crippen LogP contribution in [0.15, 0.2) is 17.6 Å². The fourth-order valence-corrected chi connectivity index (χ4v) is 2.80. The van der Waals surface area contributed by atoms with Crippen LogP contribution >= 0.6 is 22.9 Å². The van der Waals surface area contributed by atoms with Crippen LogP contribution in [0.2, 0.25) is 5.02 Å². The SMILES string of the molecule is CNc1nc(Cn2ncc(Cl)c2C)nc2sccc12. The average Bonchev–Trinajstić information content (AvgIpc) is 2.99. The van der Waals surface area contributed by atoms with Crippen molar-refractivity contribution in [2.45, 2.75) is 13.5 Å². The van der Waals surface area contributed by atoms with Crippen LogP contribution in [0.3, 0.4) is 0 Å². The lowest BCUT2D eigenvalue weighted by molar-refractivity contribution is 0.640. The second kappa shape index (κ2) is 4.79.